The first kappa shape index (κ1) is 13.3. The third-order valence-corrected chi connectivity index (χ3v) is 3.82. The van der Waals surface area contributed by atoms with Crippen molar-refractivity contribution in [2.45, 2.75) is 12.5 Å². The van der Waals surface area contributed by atoms with Gasteiger partial charge in [-0.05, 0) is 34.1 Å². The number of halogens is 1. The first-order valence-electron chi connectivity index (χ1n) is 6.43. The maximum atomic E-state index is 6.32. The highest BCUT2D eigenvalue weighted by atomic mass is 79.9. The minimum Gasteiger partial charge on any atom is -0.322 e. The second kappa shape index (κ2) is 5.34. The van der Waals surface area contributed by atoms with E-state index >= 15 is 0 Å². The highest BCUT2D eigenvalue weighted by Crippen LogP contribution is 2.24. The topological polar surface area (TPSA) is 56.7 Å². The Bertz CT molecular complexity index is 733. The molecule has 2 N–H and O–H groups in total. The van der Waals surface area contributed by atoms with Gasteiger partial charge in [0.25, 0.3) is 0 Å². The van der Waals surface area contributed by atoms with Gasteiger partial charge in [0.15, 0.2) is 0 Å². The van der Waals surface area contributed by atoms with Crippen LogP contribution in [0.1, 0.15) is 17.4 Å². The Morgan fingerprint density at radius 1 is 1.25 bits per heavy atom. The van der Waals surface area contributed by atoms with Crippen molar-refractivity contribution in [2.75, 3.05) is 0 Å². The Morgan fingerprint density at radius 2 is 2.05 bits per heavy atom. The second-order valence-corrected chi connectivity index (χ2v) is 5.72. The molecule has 2 aromatic heterocycles. The predicted octanol–water partition coefficient (Wildman–Crippen LogP) is 2.97. The molecule has 1 unspecified atom stereocenters. The van der Waals surface area contributed by atoms with Crippen LogP contribution >= 0.6 is 15.9 Å². The van der Waals surface area contributed by atoms with E-state index in [1.807, 2.05) is 36.0 Å². The molecule has 0 aliphatic rings. The maximum absolute atomic E-state index is 6.32. The number of hydrogen-bond donors (Lipinski definition) is 1. The molecule has 0 radical (unpaired) electrons. The minimum absolute atomic E-state index is 0.158. The second-order valence-electron chi connectivity index (χ2n) is 4.80. The molecule has 3 rings (SSSR count). The summed E-state index contributed by atoms with van der Waals surface area (Å²) in [4.78, 5) is 4.37. The molecule has 1 atom stereocenters. The third-order valence-electron chi connectivity index (χ3n) is 3.36. The summed E-state index contributed by atoms with van der Waals surface area (Å²) >= 11 is 3.38. The lowest BCUT2D eigenvalue weighted by atomic mass is 10.0. The quantitative estimate of drug-likeness (QED) is 0.803. The molecule has 102 valence electrons. The summed E-state index contributed by atoms with van der Waals surface area (Å²) < 4.78 is 2.85. The Labute approximate surface area is 125 Å². The van der Waals surface area contributed by atoms with Crippen molar-refractivity contribution in [2.24, 2.45) is 12.8 Å². The van der Waals surface area contributed by atoms with Crippen LogP contribution in [0.3, 0.4) is 0 Å². The third kappa shape index (κ3) is 2.46. The molecule has 0 aliphatic carbocycles. The zero-order chi connectivity index (χ0) is 14.1. The number of nitrogens with zero attached hydrogens (tertiary/aromatic N) is 3. The number of fused-ring (bicyclic) bond motifs is 1. The number of aryl methyl sites for hydroxylation is 1. The monoisotopic (exact) mass is 330 g/mol. The van der Waals surface area contributed by atoms with Gasteiger partial charge in [-0.15, -0.1) is 0 Å². The van der Waals surface area contributed by atoms with Crippen LogP contribution in [0.5, 0.6) is 0 Å². The highest BCUT2D eigenvalue weighted by molar-refractivity contribution is 9.10. The lowest BCUT2D eigenvalue weighted by Gasteiger charge is -2.09. The molecule has 0 fully saturated rings. The van der Waals surface area contributed by atoms with Gasteiger partial charge < -0.3 is 5.73 Å². The Balaban J connectivity index is 1.92. The molecule has 20 heavy (non-hydrogen) atoms. The average Bonchev–Trinajstić information content (AvgIpc) is 2.79. The van der Waals surface area contributed by atoms with E-state index in [1.165, 1.54) is 0 Å². The molecular formula is C15H15BrN4. The summed E-state index contributed by atoms with van der Waals surface area (Å²) in [6.45, 7) is 0. The van der Waals surface area contributed by atoms with Gasteiger partial charge in [0.2, 0.25) is 0 Å². The van der Waals surface area contributed by atoms with Gasteiger partial charge in [0, 0.05) is 35.2 Å². The van der Waals surface area contributed by atoms with Crippen molar-refractivity contribution in [1.82, 2.24) is 14.8 Å². The number of rotatable bonds is 3. The zero-order valence-electron chi connectivity index (χ0n) is 11.1. The first-order valence-corrected chi connectivity index (χ1v) is 7.22. The van der Waals surface area contributed by atoms with Crippen LogP contribution in [0.15, 0.2) is 47.1 Å². The number of pyridine rings is 1. The molecule has 5 heteroatoms. The normalized spacial score (nSPS) is 12.8. The van der Waals surface area contributed by atoms with Gasteiger partial charge in [-0.25, -0.2) is 0 Å². The SMILES string of the molecule is Cn1nc(C(N)Cc2ccc(Br)cn2)c2ccccc21. The Kier molecular flexibility index (Phi) is 3.54. The van der Waals surface area contributed by atoms with E-state index in [2.05, 4.69) is 38.1 Å². The van der Waals surface area contributed by atoms with E-state index in [9.17, 15) is 0 Å². The van der Waals surface area contributed by atoms with Crippen molar-refractivity contribution < 1.29 is 0 Å². The van der Waals surface area contributed by atoms with Crippen LogP contribution < -0.4 is 5.73 Å². The zero-order valence-corrected chi connectivity index (χ0v) is 12.7. The van der Waals surface area contributed by atoms with E-state index in [1.54, 1.807) is 6.20 Å². The number of hydrogen-bond acceptors (Lipinski definition) is 3. The number of aromatic nitrogens is 3. The molecule has 0 bridgehead atoms. The number of nitrogens with two attached hydrogens (primary N) is 1. The van der Waals surface area contributed by atoms with E-state index in [-0.39, 0.29) is 6.04 Å². The van der Waals surface area contributed by atoms with Crippen LogP contribution in [0.2, 0.25) is 0 Å². The van der Waals surface area contributed by atoms with Crippen molar-refractivity contribution >= 4 is 26.8 Å². The summed E-state index contributed by atoms with van der Waals surface area (Å²) in [5.74, 6) is 0. The van der Waals surface area contributed by atoms with E-state index in [4.69, 9.17) is 5.73 Å². The molecule has 0 aliphatic heterocycles. The summed E-state index contributed by atoms with van der Waals surface area (Å²) in [7, 11) is 1.94. The summed E-state index contributed by atoms with van der Waals surface area (Å²) in [5, 5.41) is 5.67. The largest absolute Gasteiger partial charge is 0.322 e. The standard InChI is InChI=1S/C15H15BrN4/c1-20-14-5-3-2-4-12(14)15(19-20)13(17)8-11-7-6-10(16)9-18-11/h2-7,9,13H,8,17H2,1H3. The number of para-hydroxylation sites is 1. The molecule has 0 amide bonds. The van der Waals surface area contributed by atoms with Crippen LogP contribution in [-0.4, -0.2) is 14.8 Å². The smallest absolute Gasteiger partial charge is 0.0874 e. The van der Waals surface area contributed by atoms with Gasteiger partial charge in [-0.2, -0.15) is 5.10 Å². The fourth-order valence-corrected chi connectivity index (χ4v) is 2.60. The van der Waals surface area contributed by atoms with Gasteiger partial charge in [0.05, 0.1) is 17.3 Å². The lowest BCUT2D eigenvalue weighted by molar-refractivity contribution is 0.656. The van der Waals surface area contributed by atoms with Gasteiger partial charge in [0.1, 0.15) is 0 Å². The molecular weight excluding hydrogens is 316 g/mol. The van der Waals surface area contributed by atoms with Crippen molar-refractivity contribution in [1.29, 1.82) is 0 Å². The molecule has 0 saturated heterocycles. The van der Waals surface area contributed by atoms with Gasteiger partial charge >= 0.3 is 0 Å². The molecule has 0 spiro atoms. The van der Waals surface area contributed by atoms with Crippen LogP contribution in [0.25, 0.3) is 10.9 Å². The number of benzene rings is 1. The minimum atomic E-state index is -0.158. The lowest BCUT2D eigenvalue weighted by Crippen LogP contribution is -2.15. The fourth-order valence-electron chi connectivity index (χ4n) is 2.36. The molecule has 4 nitrogen and oxygen atoms in total. The molecule has 0 saturated carbocycles. The van der Waals surface area contributed by atoms with Gasteiger partial charge in [-0.1, -0.05) is 18.2 Å². The van der Waals surface area contributed by atoms with Crippen molar-refractivity contribution in [3.05, 3.63) is 58.5 Å². The maximum Gasteiger partial charge on any atom is 0.0874 e. The molecule has 1 aromatic carbocycles. The molecule has 2 heterocycles. The predicted molar refractivity (Wildman–Crippen MR) is 83.3 cm³/mol. The van der Waals surface area contributed by atoms with Crippen molar-refractivity contribution in [3.8, 4) is 0 Å². The van der Waals surface area contributed by atoms with Crippen LogP contribution in [-0.2, 0) is 13.5 Å². The first-order chi connectivity index (χ1) is 9.65. The Hall–Kier alpha value is -1.72. The summed E-state index contributed by atoms with van der Waals surface area (Å²) in [6, 6.07) is 11.9. The fraction of sp³-hybridized carbons (Fsp3) is 0.200. The summed E-state index contributed by atoms with van der Waals surface area (Å²) in [5.41, 5.74) is 9.31. The van der Waals surface area contributed by atoms with Gasteiger partial charge in [-0.3, -0.25) is 9.67 Å². The summed E-state index contributed by atoms with van der Waals surface area (Å²) in [6.07, 6.45) is 2.47. The van der Waals surface area contributed by atoms with Crippen LogP contribution in [0.4, 0.5) is 0 Å². The van der Waals surface area contributed by atoms with Crippen molar-refractivity contribution in [3.63, 3.8) is 0 Å². The molecule has 3 aromatic rings. The average molecular weight is 331 g/mol. The van der Waals surface area contributed by atoms with Crippen LogP contribution in [0, 0.1) is 0 Å². The highest BCUT2D eigenvalue weighted by Gasteiger charge is 2.16. The van der Waals surface area contributed by atoms with E-state index in [0.717, 1.165) is 26.8 Å². The van der Waals surface area contributed by atoms with E-state index in [0.29, 0.717) is 6.42 Å². The Morgan fingerprint density at radius 3 is 2.80 bits per heavy atom. The van der Waals surface area contributed by atoms with E-state index < -0.39 is 0 Å².